The standard InChI is InChI=1S/C21H19F4N3O/c1-19(2)21(24,25)20(3,28-18(27)11-29-19)15-8-14(16(22)9-17(15)23)13-6-4-5-12(7-13)10-26/h4-9H,11H2,1-3H3,(H2,27,28)/t20-/m1/s1. The quantitative estimate of drug-likeness (QED) is 0.747. The van der Waals surface area contributed by atoms with Gasteiger partial charge in [-0.1, -0.05) is 12.1 Å². The van der Waals surface area contributed by atoms with Crippen molar-refractivity contribution >= 4 is 5.84 Å². The van der Waals surface area contributed by atoms with Crippen molar-refractivity contribution in [3.63, 3.8) is 0 Å². The van der Waals surface area contributed by atoms with Crippen LogP contribution >= 0.6 is 0 Å². The first-order valence-corrected chi connectivity index (χ1v) is 8.79. The van der Waals surface area contributed by atoms with Crippen molar-refractivity contribution in [2.24, 2.45) is 10.7 Å². The third-order valence-electron chi connectivity index (χ3n) is 5.20. The Kier molecular flexibility index (Phi) is 4.91. The van der Waals surface area contributed by atoms with Crippen molar-refractivity contribution < 1.29 is 22.3 Å². The van der Waals surface area contributed by atoms with Gasteiger partial charge in [0, 0.05) is 17.2 Å². The van der Waals surface area contributed by atoms with Crippen LogP contribution in [0.5, 0.6) is 0 Å². The minimum absolute atomic E-state index is 0.132. The molecule has 0 aliphatic carbocycles. The first-order valence-electron chi connectivity index (χ1n) is 8.79. The summed E-state index contributed by atoms with van der Waals surface area (Å²) in [5.41, 5.74) is 1.08. The van der Waals surface area contributed by atoms with Crippen molar-refractivity contribution in [2.45, 2.75) is 37.8 Å². The summed E-state index contributed by atoms with van der Waals surface area (Å²) in [7, 11) is 0. The first-order chi connectivity index (χ1) is 13.4. The molecule has 0 spiro atoms. The Morgan fingerprint density at radius 2 is 1.79 bits per heavy atom. The Balaban J connectivity index is 2.29. The molecule has 0 saturated heterocycles. The fraction of sp³-hybridized carbons (Fsp3) is 0.333. The molecule has 8 heteroatoms. The lowest BCUT2D eigenvalue weighted by molar-refractivity contribution is -0.214. The highest BCUT2D eigenvalue weighted by atomic mass is 19.3. The molecule has 4 nitrogen and oxygen atoms in total. The zero-order valence-corrected chi connectivity index (χ0v) is 16.1. The molecule has 29 heavy (non-hydrogen) atoms. The lowest BCUT2D eigenvalue weighted by Crippen LogP contribution is -2.56. The number of nitrogens with two attached hydrogens (primary N) is 1. The van der Waals surface area contributed by atoms with Gasteiger partial charge in [0.2, 0.25) is 0 Å². The van der Waals surface area contributed by atoms with Crippen LogP contribution in [0.2, 0.25) is 0 Å². The predicted molar refractivity (Wildman–Crippen MR) is 100 cm³/mol. The molecule has 1 atom stereocenters. The number of benzene rings is 2. The van der Waals surface area contributed by atoms with Gasteiger partial charge < -0.3 is 10.5 Å². The van der Waals surface area contributed by atoms with Crippen molar-refractivity contribution in [3.8, 4) is 17.2 Å². The molecule has 3 rings (SSSR count). The summed E-state index contributed by atoms with van der Waals surface area (Å²) in [6.07, 6.45) is 0. The number of aliphatic imine (C=N–C) groups is 1. The zero-order valence-electron chi connectivity index (χ0n) is 16.1. The molecular weight excluding hydrogens is 386 g/mol. The maximum atomic E-state index is 15.5. The number of nitriles is 1. The number of alkyl halides is 2. The summed E-state index contributed by atoms with van der Waals surface area (Å²) in [5, 5.41) is 9.06. The molecule has 0 aromatic heterocycles. The first kappa shape index (κ1) is 20.8. The number of amidine groups is 1. The molecule has 2 aromatic rings. The summed E-state index contributed by atoms with van der Waals surface area (Å²) >= 11 is 0. The second-order valence-corrected chi connectivity index (χ2v) is 7.55. The van der Waals surface area contributed by atoms with E-state index < -0.39 is 34.3 Å². The number of nitrogens with zero attached hydrogens (tertiary/aromatic N) is 2. The molecule has 0 amide bonds. The van der Waals surface area contributed by atoms with E-state index in [2.05, 4.69) is 4.99 Å². The van der Waals surface area contributed by atoms with Gasteiger partial charge in [-0.25, -0.2) is 17.6 Å². The zero-order chi connectivity index (χ0) is 21.6. The normalized spacial score (nSPS) is 23.0. The van der Waals surface area contributed by atoms with Gasteiger partial charge in [-0.2, -0.15) is 5.26 Å². The Hall–Kier alpha value is -2.92. The third-order valence-corrected chi connectivity index (χ3v) is 5.20. The molecule has 1 aliphatic rings. The summed E-state index contributed by atoms with van der Waals surface area (Å²) in [5.74, 6) is -6.05. The molecule has 2 N–H and O–H groups in total. The van der Waals surface area contributed by atoms with E-state index in [0.717, 1.165) is 26.8 Å². The fourth-order valence-electron chi connectivity index (χ4n) is 3.45. The van der Waals surface area contributed by atoms with Crippen LogP contribution in [0.15, 0.2) is 41.4 Å². The van der Waals surface area contributed by atoms with E-state index in [-0.39, 0.29) is 29.1 Å². The van der Waals surface area contributed by atoms with Gasteiger partial charge in [0.05, 0.1) is 11.6 Å². The molecule has 0 radical (unpaired) electrons. The van der Waals surface area contributed by atoms with Crippen LogP contribution in [-0.4, -0.2) is 24.0 Å². The highest BCUT2D eigenvalue weighted by Gasteiger charge is 2.64. The smallest absolute Gasteiger partial charge is 0.304 e. The molecular formula is C21H19F4N3O. The molecule has 0 bridgehead atoms. The van der Waals surface area contributed by atoms with E-state index in [0.29, 0.717) is 6.07 Å². The van der Waals surface area contributed by atoms with Gasteiger partial charge in [0.25, 0.3) is 0 Å². The fourth-order valence-corrected chi connectivity index (χ4v) is 3.45. The Labute approximate surface area is 165 Å². The van der Waals surface area contributed by atoms with E-state index in [1.165, 1.54) is 24.3 Å². The minimum Gasteiger partial charge on any atom is -0.385 e. The van der Waals surface area contributed by atoms with Crippen LogP contribution in [0.1, 0.15) is 31.9 Å². The molecule has 0 saturated carbocycles. The number of halogens is 4. The minimum atomic E-state index is -3.69. The Morgan fingerprint density at radius 3 is 2.45 bits per heavy atom. The van der Waals surface area contributed by atoms with Gasteiger partial charge in [-0.3, -0.25) is 4.99 Å². The van der Waals surface area contributed by atoms with Gasteiger partial charge >= 0.3 is 5.92 Å². The van der Waals surface area contributed by atoms with Gasteiger partial charge in [0.1, 0.15) is 29.7 Å². The maximum absolute atomic E-state index is 15.5. The van der Waals surface area contributed by atoms with Gasteiger partial charge in [-0.15, -0.1) is 0 Å². The molecule has 152 valence electrons. The highest BCUT2D eigenvalue weighted by molar-refractivity contribution is 5.82. The monoisotopic (exact) mass is 405 g/mol. The van der Waals surface area contributed by atoms with E-state index in [1.54, 1.807) is 0 Å². The lowest BCUT2D eigenvalue weighted by atomic mass is 9.77. The topological polar surface area (TPSA) is 71.4 Å². The Bertz CT molecular complexity index is 1040. The van der Waals surface area contributed by atoms with Crippen LogP contribution in [0.3, 0.4) is 0 Å². The van der Waals surface area contributed by atoms with Crippen LogP contribution in [0.25, 0.3) is 11.1 Å². The van der Waals surface area contributed by atoms with E-state index in [9.17, 15) is 8.78 Å². The highest BCUT2D eigenvalue weighted by Crippen LogP contribution is 2.51. The third kappa shape index (κ3) is 3.25. The molecule has 0 unspecified atom stereocenters. The van der Waals surface area contributed by atoms with E-state index in [4.69, 9.17) is 15.7 Å². The second kappa shape index (κ2) is 6.85. The lowest BCUT2D eigenvalue weighted by Gasteiger charge is -2.42. The maximum Gasteiger partial charge on any atom is 0.304 e. The number of ether oxygens (including phenoxy) is 1. The van der Waals surface area contributed by atoms with Crippen molar-refractivity contribution in [1.82, 2.24) is 0 Å². The molecule has 2 aromatic carbocycles. The van der Waals surface area contributed by atoms with Crippen LogP contribution < -0.4 is 5.73 Å². The summed E-state index contributed by atoms with van der Waals surface area (Å²) < 4.78 is 65.5. The average molecular weight is 405 g/mol. The van der Waals surface area contributed by atoms with Crippen LogP contribution in [-0.2, 0) is 10.3 Å². The van der Waals surface area contributed by atoms with Gasteiger partial charge in [-0.05, 0) is 44.5 Å². The van der Waals surface area contributed by atoms with E-state index in [1.807, 2.05) is 6.07 Å². The number of hydrogen-bond donors (Lipinski definition) is 1. The van der Waals surface area contributed by atoms with Crippen molar-refractivity contribution in [3.05, 3.63) is 59.2 Å². The van der Waals surface area contributed by atoms with Crippen molar-refractivity contribution in [1.29, 1.82) is 5.26 Å². The van der Waals surface area contributed by atoms with Crippen LogP contribution in [0, 0.1) is 23.0 Å². The predicted octanol–water partition coefficient (Wildman–Crippen LogP) is 4.52. The largest absolute Gasteiger partial charge is 0.385 e. The molecule has 1 heterocycles. The SMILES string of the molecule is CC1(C)OCC(N)=N[C@](C)(c2cc(-c3cccc(C#N)c3)c(F)cc2F)C1(F)F. The van der Waals surface area contributed by atoms with Crippen LogP contribution in [0.4, 0.5) is 17.6 Å². The number of hydrogen-bond acceptors (Lipinski definition) is 4. The summed E-state index contributed by atoms with van der Waals surface area (Å²) in [6, 6.07) is 9.37. The molecule has 1 aliphatic heterocycles. The summed E-state index contributed by atoms with van der Waals surface area (Å²) in [6.45, 7) is 3.02. The molecule has 0 fully saturated rings. The summed E-state index contributed by atoms with van der Waals surface area (Å²) in [4.78, 5) is 3.89. The second-order valence-electron chi connectivity index (χ2n) is 7.55. The average Bonchev–Trinajstić information content (AvgIpc) is 2.71. The van der Waals surface area contributed by atoms with Gasteiger partial charge in [0.15, 0.2) is 5.54 Å². The Morgan fingerprint density at radius 1 is 1.10 bits per heavy atom. The number of rotatable bonds is 2. The van der Waals surface area contributed by atoms with E-state index >= 15 is 8.78 Å². The van der Waals surface area contributed by atoms with Crippen molar-refractivity contribution in [2.75, 3.05) is 6.61 Å².